The average molecular weight is 309 g/mol. The van der Waals surface area contributed by atoms with E-state index in [2.05, 4.69) is 46.8 Å². The Labute approximate surface area is 134 Å². The fourth-order valence-electron chi connectivity index (χ4n) is 3.12. The molecular formula is C18H19N3S. The van der Waals surface area contributed by atoms with E-state index in [9.17, 15) is 0 Å². The van der Waals surface area contributed by atoms with Gasteiger partial charge in [0.15, 0.2) is 5.65 Å². The van der Waals surface area contributed by atoms with E-state index in [0.29, 0.717) is 5.37 Å². The molecule has 0 aliphatic carbocycles. The van der Waals surface area contributed by atoms with Crippen LogP contribution in [0.25, 0.3) is 22.6 Å². The van der Waals surface area contributed by atoms with E-state index >= 15 is 0 Å². The lowest BCUT2D eigenvalue weighted by atomic mass is 10.1. The number of hydrogen-bond donors (Lipinski definition) is 0. The molecule has 0 saturated carbocycles. The molecule has 0 bridgehead atoms. The van der Waals surface area contributed by atoms with Gasteiger partial charge in [-0.05, 0) is 50.1 Å². The highest BCUT2D eigenvalue weighted by atomic mass is 32.2. The van der Waals surface area contributed by atoms with E-state index in [1.807, 2.05) is 24.0 Å². The van der Waals surface area contributed by atoms with Crippen LogP contribution >= 0.6 is 11.8 Å². The van der Waals surface area contributed by atoms with Crippen LogP contribution in [-0.2, 0) is 0 Å². The smallest absolute Gasteiger partial charge is 0.161 e. The van der Waals surface area contributed by atoms with Crippen molar-refractivity contribution >= 4 is 22.9 Å². The third kappa shape index (κ3) is 2.41. The molecule has 22 heavy (non-hydrogen) atoms. The van der Waals surface area contributed by atoms with Crippen LogP contribution in [0.5, 0.6) is 0 Å². The van der Waals surface area contributed by atoms with Crippen molar-refractivity contribution in [3.8, 4) is 11.4 Å². The van der Waals surface area contributed by atoms with Crippen molar-refractivity contribution in [2.75, 3.05) is 5.75 Å². The van der Waals surface area contributed by atoms with E-state index in [0.717, 1.165) is 17.0 Å². The molecule has 1 unspecified atom stereocenters. The summed E-state index contributed by atoms with van der Waals surface area (Å²) in [6.45, 7) is 2.13. The van der Waals surface area contributed by atoms with Gasteiger partial charge in [0.1, 0.15) is 11.3 Å². The summed E-state index contributed by atoms with van der Waals surface area (Å²) < 4.78 is 2.36. The number of thioether (sulfide) groups is 1. The molecule has 0 spiro atoms. The molecule has 0 amide bonds. The molecule has 4 heteroatoms. The Morgan fingerprint density at radius 3 is 2.95 bits per heavy atom. The molecule has 0 N–H and O–H groups in total. The fraction of sp³-hybridized carbons (Fsp3) is 0.333. The summed E-state index contributed by atoms with van der Waals surface area (Å²) in [5.41, 5.74) is 4.45. The van der Waals surface area contributed by atoms with Gasteiger partial charge in [0.25, 0.3) is 0 Å². The van der Waals surface area contributed by atoms with Crippen molar-refractivity contribution in [3.63, 3.8) is 0 Å². The molecule has 3 heterocycles. The molecular weight excluding hydrogens is 290 g/mol. The molecule has 2 aromatic heterocycles. The zero-order valence-electron chi connectivity index (χ0n) is 12.7. The zero-order chi connectivity index (χ0) is 14.9. The average Bonchev–Trinajstić information content (AvgIpc) is 2.95. The van der Waals surface area contributed by atoms with Crippen molar-refractivity contribution in [1.82, 2.24) is 14.5 Å². The van der Waals surface area contributed by atoms with Gasteiger partial charge in [0, 0.05) is 11.8 Å². The maximum atomic E-state index is 4.89. The highest BCUT2D eigenvalue weighted by Crippen LogP contribution is 2.39. The molecule has 1 aromatic carbocycles. The minimum Gasteiger partial charge on any atom is -0.296 e. The topological polar surface area (TPSA) is 30.7 Å². The molecule has 3 nitrogen and oxygen atoms in total. The molecule has 112 valence electrons. The zero-order valence-corrected chi connectivity index (χ0v) is 13.5. The van der Waals surface area contributed by atoms with Crippen LogP contribution in [0.3, 0.4) is 0 Å². The first-order chi connectivity index (χ1) is 10.8. The van der Waals surface area contributed by atoms with E-state index < -0.39 is 0 Å². The number of rotatable bonds is 2. The number of pyridine rings is 1. The summed E-state index contributed by atoms with van der Waals surface area (Å²) in [6.07, 6.45) is 5.68. The molecule has 1 aliphatic rings. The molecule has 1 aliphatic heterocycles. The number of hydrogen-bond acceptors (Lipinski definition) is 3. The van der Waals surface area contributed by atoms with Crippen molar-refractivity contribution in [2.45, 2.75) is 31.6 Å². The van der Waals surface area contributed by atoms with E-state index in [1.54, 1.807) is 0 Å². The maximum Gasteiger partial charge on any atom is 0.161 e. The molecule has 1 fully saturated rings. The Bertz CT molecular complexity index is 803. The van der Waals surface area contributed by atoms with Gasteiger partial charge in [-0.15, -0.1) is 11.8 Å². The minimum atomic E-state index is 0.448. The largest absolute Gasteiger partial charge is 0.296 e. The summed E-state index contributed by atoms with van der Waals surface area (Å²) in [7, 11) is 0. The Kier molecular flexibility index (Phi) is 3.62. The first-order valence-corrected chi connectivity index (χ1v) is 8.89. The molecule has 0 radical (unpaired) electrons. The summed E-state index contributed by atoms with van der Waals surface area (Å²) in [6, 6.07) is 12.6. The van der Waals surface area contributed by atoms with Crippen LogP contribution < -0.4 is 0 Å². The second-order valence-corrected chi connectivity index (χ2v) is 7.13. The van der Waals surface area contributed by atoms with Gasteiger partial charge in [-0.1, -0.05) is 23.8 Å². The number of aryl methyl sites for hydroxylation is 1. The first-order valence-electron chi connectivity index (χ1n) is 7.84. The van der Waals surface area contributed by atoms with Crippen molar-refractivity contribution in [2.24, 2.45) is 0 Å². The summed E-state index contributed by atoms with van der Waals surface area (Å²) in [5, 5.41) is 0.448. The Morgan fingerprint density at radius 2 is 2.14 bits per heavy atom. The van der Waals surface area contributed by atoms with E-state index in [-0.39, 0.29) is 0 Å². The third-order valence-electron chi connectivity index (χ3n) is 4.17. The minimum absolute atomic E-state index is 0.448. The Morgan fingerprint density at radius 1 is 1.18 bits per heavy atom. The fourth-order valence-corrected chi connectivity index (χ4v) is 4.44. The molecule has 1 saturated heterocycles. The highest BCUT2D eigenvalue weighted by Gasteiger charge is 2.23. The number of nitrogens with zero attached hydrogens (tertiary/aromatic N) is 3. The lowest BCUT2D eigenvalue weighted by Crippen LogP contribution is -2.12. The highest BCUT2D eigenvalue weighted by molar-refractivity contribution is 7.99. The van der Waals surface area contributed by atoms with Gasteiger partial charge in [-0.25, -0.2) is 9.97 Å². The quantitative estimate of drug-likeness (QED) is 0.680. The standard InChI is InChI=1S/C18H19N3S/c1-13-6-4-7-14(12-13)17-20-15-8-5-10-19-18(15)21(17)16-9-2-3-11-22-16/h4-8,10,12,16H,2-3,9,11H2,1H3. The number of fused-ring (bicyclic) bond motifs is 1. The van der Waals surface area contributed by atoms with E-state index in [4.69, 9.17) is 4.98 Å². The predicted molar refractivity (Wildman–Crippen MR) is 93.0 cm³/mol. The predicted octanol–water partition coefficient (Wildman–Crippen LogP) is 4.82. The Balaban J connectivity index is 1.93. The lowest BCUT2D eigenvalue weighted by Gasteiger charge is -2.24. The molecule has 3 aromatic rings. The lowest BCUT2D eigenvalue weighted by molar-refractivity contribution is 0.581. The number of benzene rings is 1. The van der Waals surface area contributed by atoms with Gasteiger partial charge in [0.2, 0.25) is 0 Å². The molecule has 4 rings (SSSR count). The summed E-state index contributed by atoms with van der Waals surface area (Å²) in [4.78, 5) is 9.50. The van der Waals surface area contributed by atoms with Crippen LogP contribution in [0.4, 0.5) is 0 Å². The Hall–Kier alpha value is -1.81. The van der Waals surface area contributed by atoms with Gasteiger partial charge >= 0.3 is 0 Å². The number of imidazole rings is 1. The van der Waals surface area contributed by atoms with Crippen LogP contribution in [0.2, 0.25) is 0 Å². The summed E-state index contributed by atoms with van der Waals surface area (Å²) in [5.74, 6) is 2.28. The van der Waals surface area contributed by atoms with Crippen molar-refractivity contribution < 1.29 is 0 Å². The molecule has 1 atom stereocenters. The summed E-state index contributed by atoms with van der Waals surface area (Å²) >= 11 is 2.03. The van der Waals surface area contributed by atoms with Gasteiger partial charge in [-0.2, -0.15) is 0 Å². The SMILES string of the molecule is Cc1cccc(-c2nc3cccnc3n2C2CCCCS2)c1. The number of aromatic nitrogens is 3. The third-order valence-corrected chi connectivity index (χ3v) is 5.52. The van der Waals surface area contributed by atoms with Crippen molar-refractivity contribution in [1.29, 1.82) is 0 Å². The van der Waals surface area contributed by atoms with Crippen LogP contribution in [0.15, 0.2) is 42.6 Å². The second-order valence-electron chi connectivity index (χ2n) is 5.84. The second kappa shape index (κ2) is 5.76. The van der Waals surface area contributed by atoms with Gasteiger partial charge in [-0.3, -0.25) is 4.57 Å². The van der Waals surface area contributed by atoms with Crippen LogP contribution in [0, 0.1) is 6.92 Å². The van der Waals surface area contributed by atoms with Crippen LogP contribution in [-0.4, -0.2) is 20.3 Å². The van der Waals surface area contributed by atoms with Crippen molar-refractivity contribution in [3.05, 3.63) is 48.2 Å². The monoisotopic (exact) mass is 309 g/mol. The normalized spacial score (nSPS) is 18.7. The maximum absolute atomic E-state index is 4.89. The van der Waals surface area contributed by atoms with Gasteiger partial charge < -0.3 is 0 Å². The first kappa shape index (κ1) is 13.8. The van der Waals surface area contributed by atoms with Crippen LogP contribution in [0.1, 0.15) is 30.2 Å². The van der Waals surface area contributed by atoms with Gasteiger partial charge in [0.05, 0.1) is 5.37 Å². The van der Waals surface area contributed by atoms with E-state index in [1.165, 1.54) is 36.1 Å².